The molecule has 1 aromatic rings. The first-order valence-electron chi connectivity index (χ1n) is 6.89. The van der Waals surface area contributed by atoms with Crippen LogP contribution in [0.25, 0.3) is 0 Å². The molecule has 6 heteroatoms. The highest BCUT2D eigenvalue weighted by Crippen LogP contribution is 2.23. The molecule has 1 unspecified atom stereocenters. The lowest BCUT2D eigenvalue weighted by Gasteiger charge is -2.24. The van der Waals surface area contributed by atoms with E-state index in [9.17, 15) is 9.59 Å². The highest BCUT2D eigenvalue weighted by Gasteiger charge is 2.19. The molecular weight excluding hydrogens is 276 g/mol. The Morgan fingerprint density at radius 3 is 2.70 bits per heavy atom. The van der Waals surface area contributed by atoms with Crippen LogP contribution in [0.4, 0.5) is 4.79 Å². The Morgan fingerprint density at radius 2 is 2.20 bits per heavy atom. The smallest absolute Gasteiger partial charge is 0.317 e. The first kappa shape index (κ1) is 16.5. The Labute approximate surface area is 123 Å². The summed E-state index contributed by atoms with van der Waals surface area (Å²) in [6, 6.07) is 3.79. The summed E-state index contributed by atoms with van der Waals surface area (Å²) in [4.78, 5) is 25.5. The predicted molar refractivity (Wildman–Crippen MR) is 80.0 cm³/mol. The zero-order chi connectivity index (χ0) is 15.0. The molecule has 1 aromatic heterocycles. The van der Waals surface area contributed by atoms with E-state index in [0.717, 1.165) is 17.7 Å². The van der Waals surface area contributed by atoms with Gasteiger partial charge in [0.25, 0.3) is 0 Å². The minimum atomic E-state index is -0.889. The number of hydrogen-bond acceptors (Lipinski definition) is 3. The van der Waals surface area contributed by atoms with Gasteiger partial charge in [-0.2, -0.15) is 0 Å². The maximum absolute atomic E-state index is 12.2. The number of amides is 2. The standard InChI is InChI=1S/C14H22N2O3S/c1-3-6-11(12-7-5-10-20-12)15-14(19)16(4-2)9-8-13(17)18/h5,7,10-11H,3-4,6,8-9H2,1-2H3,(H,15,19)(H,17,18). The van der Waals surface area contributed by atoms with Crippen LogP contribution in [0.3, 0.4) is 0 Å². The molecule has 1 atom stereocenters. The van der Waals surface area contributed by atoms with Crippen LogP contribution in [-0.2, 0) is 4.79 Å². The topological polar surface area (TPSA) is 69.6 Å². The van der Waals surface area contributed by atoms with Crippen molar-refractivity contribution >= 4 is 23.3 Å². The summed E-state index contributed by atoms with van der Waals surface area (Å²) >= 11 is 1.62. The summed E-state index contributed by atoms with van der Waals surface area (Å²) in [5.41, 5.74) is 0. The third-order valence-electron chi connectivity index (χ3n) is 3.03. The highest BCUT2D eigenvalue weighted by molar-refractivity contribution is 7.10. The number of aliphatic carboxylic acids is 1. The lowest BCUT2D eigenvalue weighted by molar-refractivity contribution is -0.137. The number of urea groups is 1. The molecule has 0 saturated heterocycles. The van der Waals surface area contributed by atoms with Gasteiger partial charge in [0, 0.05) is 18.0 Å². The molecule has 20 heavy (non-hydrogen) atoms. The van der Waals surface area contributed by atoms with E-state index in [1.54, 1.807) is 11.3 Å². The number of thiophene rings is 1. The van der Waals surface area contributed by atoms with Crippen molar-refractivity contribution in [3.8, 4) is 0 Å². The van der Waals surface area contributed by atoms with E-state index in [-0.39, 0.29) is 25.0 Å². The Balaban J connectivity index is 2.61. The predicted octanol–water partition coefficient (Wildman–Crippen LogP) is 3.10. The summed E-state index contributed by atoms with van der Waals surface area (Å²) in [7, 11) is 0. The molecule has 5 nitrogen and oxygen atoms in total. The zero-order valence-corrected chi connectivity index (χ0v) is 12.8. The number of carboxylic acid groups (broad SMARTS) is 1. The van der Waals surface area contributed by atoms with Crippen molar-refractivity contribution in [2.24, 2.45) is 0 Å². The van der Waals surface area contributed by atoms with Crippen molar-refractivity contribution in [1.82, 2.24) is 10.2 Å². The zero-order valence-electron chi connectivity index (χ0n) is 12.0. The Hall–Kier alpha value is -1.56. The molecule has 112 valence electrons. The molecule has 0 aliphatic rings. The van der Waals surface area contributed by atoms with E-state index >= 15 is 0 Å². The number of carbonyl (C=O) groups excluding carboxylic acids is 1. The fourth-order valence-electron chi connectivity index (χ4n) is 1.94. The summed E-state index contributed by atoms with van der Waals surface area (Å²) in [6.07, 6.45) is 1.82. The number of rotatable bonds is 8. The maximum atomic E-state index is 12.2. The molecule has 2 N–H and O–H groups in total. The number of carbonyl (C=O) groups is 2. The second kappa shape index (κ2) is 8.58. The van der Waals surface area contributed by atoms with Gasteiger partial charge in [0.2, 0.25) is 0 Å². The summed E-state index contributed by atoms with van der Waals surface area (Å²) in [5.74, 6) is -0.889. The van der Waals surface area contributed by atoms with Crippen LogP contribution in [0, 0.1) is 0 Å². The van der Waals surface area contributed by atoms with Crippen molar-refractivity contribution in [2.75, 3.05) is 13.1 Å². The third-order valence-corrected chi connectivity index (χ3v) is 4.01. The first-order chi connectivity index (χ1) is 9.58. The molecule has 0 spiro atoms. The molecule has 0 aliphatic heterocycles. The molecule has 2 amide bonds. The van der Waals surface area contributed by atoms with Gasteiger partial charge in [-0.15, -0.1) is 11.3 Å². The van der Waals surface area contributed by atoms with Gasteiger partial charge >= 0.3 is 12.0 Å². The van der Waals surface area contributed by atoms with E-state index in [4.69, 9.17) is 5.11 Å². The fraction of sp³-hybridized carbons (Fsp3) is 0.571. The van der Waals surface area contributed by atoms with Crippen LogP contribution in [0.2, 0.25) is 0 Å². The molecule has 0 saturated carbocycles. The van der Waals surface area contributed by atoms with Crippen LogP contribution >= 0.6 is 11.3 Å². The van der Waals surface area contributed by atoms with Gasteiger partial charge < -0.3 is 15.3 Å². The summed E-state index contributed by atoms with van der Waals surface area (Å²) < 4.78 is 0. The van der Waals surface area contributed by atoms with Gasteiger partial charge in [0.05, 0.1) is 12.5 Å². The monoisotopic (exact) mass is 298 g/mol. The number of carboxylic acids is 1. The Morgan fingerprint density at radius 1 is 1.45 bits per heavy atom. The summed E-state index contributed by atoms with van der Waals surface area (Å²) in [6.45, 7) is 4.67. The Bertz CT molecular complexity index is 420. The van der Waals surface area contributed by atoms with Crippen molar-refractivity contribution < 1.29 is 14.7 Å². The van der Waals surface area contributed by atoms with Gasteiger partial charge in [0.1, 0.15) is 0 Å². The fourth-order valence-corrected chi connectivity index (χ4v) is 2.75. The van der Waals surface area contributed by atoms with Crippen LogP contribution in [0.5, 0.6) is 0 Å². The van der Waals surface area contributed by atoms with E-state index in [1.165, 1.54) is 4.90 Å². The van der Waals surface area contributed by atoms with Gasteiger partial charge in [-0.25, -0.2) is 4.79 Å². The van der Waals surface area contributed by atoms with Crippen LogP contribution in [0.1, 0.15) is 44.0 Å². The molecule has 0 radical (unpaired) electrons. The van der Waals surface area contributed by atoms with Gasteiger partial charge in [-0.05, 0) is 24.8 Å². The summed E-state index contributed by atoms with van der Waals surface area (Å²) in [5, 5.41) is 13.7. The number of hydrogen-bond donors (Lipinski definition) is 2. The van der Waals surface area contributed by atoms with E-state index < -0.39 is 5.97 Å². The molecule has 0 fully saturated rings. The van der Waals surface area contributed by atoms with E-state index in [1.807, 2.05) is 24.4 Å². The van der Waals surface area contributed by atoms with Crippen LogP contribution < -0.4 is 5.32 Å². The van der Waals surface area contributed by atoms with E-state index in [2.05, 4.69) is 12.2 Å². The number of nitrogens with one attached hydrogen (secondary N) is 1. The molecule has 1 rings (SSSR count). The highest BCUT2D eigenvalue weighted by atomic mass is 32.1. The second-order valence-corrected chi connectivity index (χ2v) is 5.51. The minimum Gasteiger partial charge on any atom is -0.481 e. The van der Waals surface area contributed by atoms with Crippen molar-refractivity contribution in [1.29, 1.82) is 0 Å². The van der Waals surface area contributed by atoms with Gasteiger partial charge in [-0.1, -0.05) is 19.4 Å². The quantitative estimate of drug-likeness (QED) is 0.775. The third kappa shape index (κ3) is 5.21. The average molecular weight is 298 g/mol. The van der Waals surface area contributed by atoms with E-state index in [0.29, 0.717) is 6.54 Å². The average Bonchev–Trinajstić information content (AvgIpc) is 2.92. The van der Waals surface area contributed by atoms with Crippen molar-refractivity contribution in [3.63, 3.8) is 0 Å². The molecule has 1 heterocycles. The van der Waals surface area contributed by atoms with Crippen molar-refractivity contribution in [2.45, 2.75) is 39.2 Å². The first-order valence-corrected chi connectivity index (χ1v) is 7.77. The van der Waals surface area contributed by atoms with Gasteiger partial charge in [-0.3, -0.25) is 4.79 Å². The molecule has 0 bridgehead atoms. The lowest BCUT2D eigenvalue weighted by atomic mass is 10.1. The molecular formula is C14H22N2O3S. The van der Waals surface area contributed by atoms with Crippen molar-refractivity contribution in [3.05, 3.63) is 22.4 Å². The maximum Gasteiger partial charge on any atom is 0.317 e. The Kier molecular flexibility index (Phi) is 7.08. The lowest BCUT2D eigenvalue weighted by Crippen LogP contribution is -2.42. The SMILES string of the molecule is CCCC(NC(=O)N(CC)CCC(=O)O)c1cccs1. The molecule has 0 aromatic carbocycles. The minimum absolute atomic E-state index is 0.00591. The second-order valence-electron chi connectivity index (χ2n) is 4.53. The van der Waals surface area contributed by atoms with Crippen LogP contribution in [0.15, 0.2) is 17.5 Å². The largest absolute Gasteiger partial charge is 0.481 e. The van der Waals surface area contributed by atoms with Crippen LogP contribution in [-0.4, -0.2) is 35.1 Å². The normalized spacial score (nSPS) is 11.9. The molecule has 0 aliphatic carbocycles. The number of nitrogens with zero attached hydrogens (tertiary/aromatic N) is 1. The van der Waals surface area contributed by atoms with Gasteiger partial charge in [0.15, 0.2) is 0 Å².